The molecule has 0 aliphatic carbocycles. The predicted octanol–water partition coefficient (Wildman–Crippen LogP) is 3.69. The van der Waals surface area contributed by atoms with E-state index in [4.69, 9.17) is 4.74 Å². The summed E-state index contributed by atoms with van der Waals surface area (Å²) in [6.45, 7) is 0.808. The van der Waals surface area contributed by atoms with Crippen molar-refractivity contribution in [1.82, 2.24) is 5.43 Å². The standard InChI is InChI=1S/C16H14BrFN4O3/c17-13-8-10(18)4-5-14(13)20-21-15(23)19-11-2-1-3-12(9-11)22-6-7-25-16(22)24/h1-5,8-9,20H,6-7H2,(H2,19,21,23). The monoisotopic (exact) mass is 408 g/mol. The number of nitrogens with one attached hydrogen (secondary N) is 3. The van der Waals surface area contributed by atoms with Crippen LogP contribution in [0.5, 0.6) is 0 Å². The second-order valence-corrected chi connectivity index (χ2v) is 6.00. The zero-order chi connectivity index (χ0) is 17.8. The van der Waals surface area contributed by atoms with Crippen LogP contribution in [0.2, 0.25) is 0 Å². The molecule has 3 rings (SSSR count). The molecule has 3 amide bonds. The summed E-state index contributed by atoms with van der Waals surface area (Å²) in [5.41, 5.74) is 6.77. The van der Waals surface area contributed by atoms with E-state index < -0.39 is 12.1 Å². The van der Waals surface area contributed by atoms with Gasteiger partial charge in [-0.1, -0.05) is 6.07 Å². The number of urea groups is 1. The molecule has 130 valence electrons. The van der Waals surface area contributed by atoms with Gasteiger partial charge in [0.25, 0.3) is 0 Å². The Morgan fingerprint density at radius 1 is 1.24 bits per heavy atom. The molecule has 1 aliphatic rings. The number of cyclic esters (lactones) is 1. The number of ether oxygens (including phenoxy) is 1. The minimum Gasteiger partial charge on any atom is -0.447 e. The number of rotatable bonds is 4. The van der Waals surface area contributed by atoms with E-state index in [2.05, 4.69) is 32.1 Å². The summed E-state index contributed by atoms with van der Waals surface area (Å²) in [5, 5.41) is 2.64. The van der Waals surface area contributed by atoms with Crippen LogP contribution in [0, 0.1) is 5.82 Å². The third-order valence-corrected chi connectivity index (χ3v) is 4.07. The average molecular weight is 409 g/mol. The quantitative estimate of drug-likeness (QED) is 0.673. The Labute approximate surface area is 151 Å². The van der Waals surface area contributed by atoms with Crippen molar-refractivity contribution in [3.8, 4) is 0 Å². The van der Waals surface area contributed by atoms with Crippen molar-refractivity contribution in [2.24, 2.45) is 0 Å². The van der Waals surface area contributed by atoms with Gasteiger partial charge in [0.1, 0.15) is 12.4 Å². The van der Waals surface area contributed by atoms with Crippen molar-refractivity contribution in [2.45, 2.75) is 0 Å². The SMILES string of the molecule is O=C(NNc1ccc(F)cc1Br)Nc1cccc(N2CCOC2=O)c1. The number of hydrogen-bond donors (Lipinski definition) is 3. The number of hydrogen-bond acceptors (Lipinski definition) is 4. The van der Waals surface area contributed by atoms with Crippen molar-refractivity contribution in [2.75, 3.05) is 28.8 Å². The first-order chi connectivity index (χ1) is 12.0. The highest BCUT2D eigenvalue weighted by molar-refractivity contribution is 9.10. The maximum absolute atomic E-state index is 13.0. The van der Waals surface area contributed by atoms with E-state index in [1.165, 1.54) is 23.1 Å². The molecule has 7 nitrogen and oxygen atoms in total. The molecule has 0 atom stereocenters. The summed E-state index contributed by atoms with van der Waals surface area (Å²) in [6.07, 6.45) is -0.413. The van der Waals surface area contributed by atoms with E-state index in [1.54, 1.807) is 24.3 Å². The van der Waals surface area contributed by atoms with E-state index in [9.17, 15) is 14.0 Å². The summed E-state index contributed by atoms with van der Waals surface area (Å²) < 4.78 is 18.4. The van der Waals surface area contributed by atoms with Gasteiger partial charge in [0.05, 0.1) is 12.2 Å². The van der Waals surface area contributed by atoms with Gasteiger partial charge in [-0.2, -0.15) is 0 Å². The second kappa shape index (κ2) is 7.39. The zero-order valence-corrected chi connectivity index (χ0v) is 14.5. The number of carbonyl (C=O) groups is 2. The lowest BCUT2D eigenvalue weighted by Gasteiger charge is -2.15. The Bertz CT molecular complexity index is 818. The molecule has 2 aromatic rings. The van der Waals surface area contributed by atoms with E-state index in [0.29, 0.717) is 34.7 Å². The van der Waals surface area contributed by atoms with E-state index in [-0.39, 0.29) is 5.82 Å². The van der Waals surface area contributed by atoms with Gasteiger partial charge < -0.3 is 10.1 Å². The van der Waals surface area contributed by atoms with Crippen molar-refractivity contribution in [1.29, 1.82) is 0 Å². The molecule has 1 saturated heterocycles. The highest BCUT2D eigenvalue weighted by Gasteiger charge is 2.23. The van der Waals surface area contributed by atoms with Gasteiger partial charge in [-0.15, -0.1) is 0 Å². The summed E-state index contributed by atoms with van der Waals surface area (Å²) in [6, 6.07) is 10.4. The topological polar surface area (TPSA) is 82.7 Å². The highest BCUT2D eigenvalue weighted by Crippen LogP contribution is 2.23. The number of benzene rings is 2. The van der Waals surface area contributed by atoms with E-state index in [0.717, 1.165) is 0 Å². The van der Waals surface area contributed by atoms with E-state index >= 15 is 0 Å². The van der Waals surface area contributed by atoms with Crippen LogP contribution in [0.4, 0.5) is 31.0 Å². The van der Waals surface area contributed by atoms with Crippen molar-refractivity contribution >= 4 is 45.1 Å². The number of nitrogens with zero attached hydrogens (tertiary/aromatic N) is 1. The molecule has 1 aliphatic heterocycles. The number of carbonyl (C=O) groups excluding carboxylic acids is 2. The van der Waals surface area contributed by atoms with Gasteiger partial charge >= 0.3 is 12.1 Å². The fourth-order valence-electron chi connectivity index (χ4n) is 2.26. The smallest absolute Gasteiger partial charge is 0.414 e. The summed E-state index contributed by atoms with van der Waals surface area (Å²) in [7, 11) is 0. The van der Waals surface area contributed by atoms with Gasteiger partial charge in [-0.25, -0.2) is 14.0 Å². The normalized spacial score (nSPS) is 13.4. The van der Waals surface area contributed by atoms with Crippen LogP contribution in [-0.2, 0) is 4.74 Å². The first kappa shape index (κ1) is 17.0. The molecule has 0 aromatic heterocycles. The molecule has 0 radical (unpaired) electrons. The van der Waals surface area contributed by atoms with Crippen LogP contribution >= 0.6 is 15.9 Å². The average Bonchev–Trinajstić information content (AvgIpc) is 3.00. The van der Waals surface area contributed by atoms with Crippen molar-refractivity contribution in [3.05, 3.63) is 52.8 Å². The molecule has 0 saturated carbocycles. The van der Waals surface area contributed by atoms with Crippen LogP contribution < -0.4 is 21.1 Å². The van der Waals surface area contributed by atoms with Crippen LogP contribution in [-0.4, -0.2) is 25.3 Å². The van der Waals surface area contributed by atoms with Crippen molar-refractivity contribution < 1.29 is 18.7 Å². The van der Waals surface area contributed by atoms with Crippen LogP contribution in [0.15, 0.2) is 46.9 Å². The molecule has 1 fully saturated rings. The first-order valence-corrected chi connectivity index (χ1v) is 8.14. The summed E-state index contributed by atoms with van der Waals surface area (Å²) >= 11 is 3.19. The first-order valence-electron chi connectivity index (χ1n) is 7.35. The van der Waals surface area contributed by atoms with Gasteiger partial charge in [0.2, 0.25) is 0 Å². The maximum Gasteiger partial charge on any atom is 0.414 e. The molecule has 0 spiro atoms. The van der Waals surface area contributed by atoms with Gasteiger partial charge in [-0.05, 0) is 52.3 Å². The number of hydrazine groups is 1. The number of amides is 3. The summed E-state index contributed by atoms with van der Waals surface area (Å²) in [5.74, 6) is -0.390. The molecule has 9 heteroatoms. The largest absolute Gasteiger partial charge is 0.447 e. The van der Waals surface area contributed by atoms with Crippen LogP contribution in [0.3, 0.4) is 0 Å². The summed E-state index contributed by atoms with van der Waals surface area (Å²) in [4.78, 5) is 25.1. The Kier molecular flexibility index (Phi) is 5.03. The molecule has 25 heavy (non-hydrogen) atoms. The minimum atomic E-state index is -0.516. The molecule has 3 N–H and O–H groups in total. The lowest BCUT2D eigenvalue weighted by molar-refractivity contribution is 0.181. The van der Waals surface area contributed by atoms with Gasteiger partial charge in [-0.3, -0.25) is 15.8 Å². The van der Waals surface area contributed by atoms with Gasteiger partial charge in [0.15, 0.2) is 0 Å². The lowest BCUT2D eigenvalue weighted by Crippen LogP contribution is -2.33. The van der Waals surface area contributed by atoms with E-state index in [1.807, 2.05) is 0 Å². The second-order valence-electron chi connectivity index (χ2n) is 5.14. The molecule has 1 heterocycles. The molecule has 2 aromatic carbocycles. The molecule has 0 unspecified atom stereocenters. The lowest BCUT2D eigenvalue weighted by atomic mass is 10.2. The third-order valence-electron chi connectivity index (χ3n) is 3.42. The predicted molar refractivity (Wildman–Crippen MR) is 95.0 cm³/mol. The van der Waals surface area contributed by atoms with Crippen LogP contribution in [0.1, 0.15) is 0 Å². The number of anilines is 3. The third kappa shape index (κ3) is 4.18. The molecular formula is C16H14BrFN4O3. The number of halogens is 2. The molecule has 0 bridgehead atoms. The Morgan fingerprint density at radius 2 is 2.08 bits per heavy atom. The fourth-order valence-corrected chi connectivity index (χ4v) is 2.71. The highest BCUT2D eigenvalue weighted by atomic mass is 79.9. The Balaban J connectivity index is 1.60. The molecular weight excluding hydrogens is 395 g/mol. The van der Waals surface area contributed by atoms with Gasteiger partial charge in [0, 0.05) is 15.8 Å². The zero-order valence-electron chi connectivity index (χ0n) is 12.9. The Hall–Kier alpha value is -2.81. The maximum atomic E-state index is 13.0. The van der Waals surface area contributed by atoms with Crippen LogP contribution in [0.25, 0.3) is 0 Å². The Morgan fingerprint density at radius 3 is 2.80 bits per heavy atom. The fraction of sp³-hybridized carbons (Fsp3) is 0.125. The van der Waals surface area contributed by atoms with Crippen molar-refractivity contribution in [3.63, 3.8) is 0 Å². The minimum absolute atomic E-state index is 0.341.